The van der Waals surface area contributed by atoms with Crippen LogP contribution in [0.4, 0.5) is 13.2 Å². The van der Waals surface area contributed by atoms with E-state index in [1.807, 2.05) is 31.2 Å². The summed E-state index contributed by atoms with van der Waals surface area (Å²) < 4.78 is 43.2. The molecular formula is C22H18F3N3O3S. The molecule has 1 N–H and O–H groups in total. The molecule has 0 saturated carbocycles. The number of benzene rings is 2. The molecule has 3 rings (SSSR count). The highest BCUT2D eigenvalue weighted by molar-refractivity contribution is 7.17. The van der Waals surface area contributed by atoms with Crippen molar-refractivity contribution in [2.75, 3.05) is 0 Å². The third-order valence-electron chi connectivity index (χ3n) is 4.69. The second-order valence-electron chi connectivity index (χ2n) is 7.08. The van der Waals surface area contributed by atoms with E-state index in [1.54, 1.807) is 0 Å². The van der Waals surface area contributed by atoms with Gasteiger partial charge in [-0.2, -0.15) is 18.4 Å². The van der Waals surface area contributed by atoms with Gasteiger partial charge in [-0.25, -0.2) is 0 Å². The van der Waals surface area contributed by atoms with Gasteiger partial charge in [-0.3, -0.25) is 4.79 Å². The van der Waals surface area contributed by atoms with E-state index in [2.05, 4.69) is 10.2 Å². The zero-order valence-electron chi connectivity index (χ0n) is 17.1. The van der Waals surface area contributed by atoms with Gasteiger partial charge < -0.3 is 9.84 Å². The molecule has 0 amide bonds. The maximum Gasteiger partial charge on any atom is 0.425 e. The van der Waals surface area contributed by atoms with E-state index in [4.69, 9.17) is 9.84 Å². The molecule has 0 bridgehead atoms. The number of alkyl halides is 3. The van der Waals surface area contributed by atoms with Crippen LogP contribution in [-0.4, -0.2) is 33.6 Å². The van der Waals surface area contributed by atoms with Crippen molar-refractivity contribution in [1.82, 2.24) is 10.2 Å². The van der Waals surface area contributed by atoms with Crippen molar-refractivity contribution < 1.29 is 27.8 Å². The smallest absolute Gasteiger partial charge is 0.425 e. The SMILES string of the molecule is Cc1cc(CCC(=O)O)ccc1-c1nnc(-c2ccc(OC(C)C(F)(F)F)c(C#N)c2)s1. The first-order chi connectivity index (χ1) is 15.1. The van der Waals surface area contributed by atoms with Crippen molar-refractivity contribution in [3.8, 4) is 33.0 Å². The highest BCUT2D eigenvalue weighted by Crippen LogP contribution is 2.35. The number of hydrogen-bond acceptors (Lipinski definition) is 6. The summed E-state index contributed by atoms with van der Waals surface area (Å²) in [6.07, 6.45) is -6.11. The quantitative estimate of drug-likeness (QED) is 0.506. The summed E-state index contributed by atoms with van der Waals surface area (Å²) in [5.74, 6) is -1.01. The van der Waals surface area contributed by atoms with E-state index in [0.29, 0.717) is 22.0 Å². The highest BCUT2D eigenvalue weighted by atomic mass is 32.1. The van der Waals surface area contributed by atoms with Gasteiger partial charge in [-0.05, 0) is 49.6 Å². The van der Waals surface area contributed by atoms with Crippen LogP contribution in [0.25, 0.3) is 21.1 Å². The molecule has 0 fully saturated rings. The number of hydrogen-bond donors (Lipinski definition) is 1. The average molecular weight is 461 g/mol. The van der Waals surface area contributed by atoms with E-state index in [1.165, 1.54) is 29.5 Å². The summed E-state index contributed by atoms with van der Waals surface area (Å²) in [6, 6.07) is 11.7. The van der Waals surface area contributed by atoms with Crippen LogP contribution in [0.5, 0.6) is 5.75 Å². The van der Waals surface area contributed by atoms with Gasteiger partial charge >= 0.3 is 12.1 Å². The molecule has 1 unspecified atom stereocenters. The van der Waals surface area contributed by atoms with Crippen LogP contribution in [0.1, 0.15) is 30.0 Å². The maximum absolute atomic E-state index is 12.8. The maximum atomic E-state index is 12.8. The Morgan fingerprint density at radius 3 is 2.56 bits per heavy atom. The minimum Gasteiger partial charge on any atom is -0.481 e. The van der Waals surface area contributed by atoms with Gasteiger partial charge in [0.25, 0.3) is 0 Å². The second-order valence-corrected chi connectivity index (χ2v) is 8.06. The monoisotopic (exact) mass is 461 g/mol. The number of aliphatic carboxylic acids is 1. The Morgan fingerprint density at radius 1 is 1.22 bits per heavy atom. The van der Waals surface area contributed by atoms with Crippen LogP contribution < -0.4 is 4.74 Å². The summed E-state index contributed by atoms with van der Waals surface area (Å²) in [6.45, 7) is 2.77. The van der Waals surface area contributed by atoms with Gasteiger partial charge in [0.15, 0.2) is 6.10 Å². The third-order valence-corrected chi connectivity index (χ3v) is 5.69. The fraction of sp³-hybridized carbons (Fsp3) is 0.273. The Morgan fingerprint density at radius 2 is 1.94 bits per heavy atom. The van der Waals surface area contributed by atoms with Crippen molar-refractivity contribution in [3.63, 3.8) is 0 Å². The third kappa shape index (κ3) is 5.42. The molecule has 1 aromatic heterocycles. The van der Waals surface area contributed by atoms with E-state index >= 15 is 0 Å². The fourth-order valence-corrected chi connectivity index (χ4v) is 3.86. The summed E-state index contributed by atoms with van der Waals surface area (Å²) >= 11 is 1.27. The highest BCUT2D eigenvalue weighted by Gasteiger charge is 2.38. The standard InChI is InChI=1S/C22H18F3N3O3S/c1-12-9-14(4-8-19(29)30)3-6-17(12)21-28-27-20(32-21)15-5-7-18(16(10-15)11-26)31-13(2)22(23,24)25/h3,5-7,9-10,13H,4,8H2,1-2H3,(H,29,30). The lowest BCUT2D eigenvalue weighted by molar-refractivity contribution is -0.189. The molecule has 10 heteroatoms. The lowest BCUT2D eigenvalue weighted by Crippen LogP contribution is -2.31. The topological polar surface area (TPSA) is 96.1 Å². The molecular weight excluding hydrogens is 443 g/mol. The molecule has 6 nitrogen and oxygen atoms in total. The fourth-order valence-electron chi connectivity index (χ4n) is 2.93. The van der Waals surface area contributed by atoms with Gasteiger partial charge in [-0.15, -0.1) is 10.2 Å². The minimum absolute atomic E-state index is 0.0330. The molecule has 3 aromatic rings. The first kappa shape index (κ1) is 23.2. The number of rotatable bonds is 7. The molecule has 32 heavy (non-hydrogen) atoms. The zero-order chi connectivity index (χ0) is 23.5. The molecule has 0 aliphatic carbocycles. The number of halogens is 3. The lowest BCUT2D eigenvalue weighted by Gasteiger charge is -2.18. The van der Waals surface area contributed by atoms with Crippen molar-refractivity contribution in [2.24, 2.45) is 0 Å². The molecule has 2 aromatic carbocycles. The average Bonchev–Trinajstić information content (AvgIpc) is 3.21. The van der Waals surface area contributed by atoms with Gasteiger partial charge in [0, 0.05) is 17.5 Å². The van der Waals surface area contributed by atoms with Crippen LogP contribution in [0.3, 0.4) is 0 Å². The number of ether oxygens (including phenoxy) is 1. The predicted octanol–water partition coefficient (Wildman–Crippen LogP) is 5.40. The molecule has 0 radical (unpaired) electrons. The van der Waals surface area contributed by atoms with Gasteiger partial charge in [0.05, 0.1) is 5.56 Å². The second kappa shape index (κ2) is 9.36. The number of carboxylic acid groups (broad SMARTS) is 1. The summed E-state index contributed by atoms with van der Waals surface area (Å²) in [7, 11) is 0. The van der Waals surface area contributed by atoms with Gasteiger partial charge in [-0.1, -0.05) is 29.5 Å². The number of carboxylic acids is 1. The minimum atomic E-state index is -4.54. The molecule has 0 saturated heterocycles. The van der Waals surface area contributed by atoms with Crippen molar-refractivity contribution in [1.29, 1.82) is 5.26 Å². The largest absolute Gasteiger partial charge is 0.481 e. The predicted molar refractivity (Wildman–Crippen MR) is 112 cm³/mol. The molecule has 0 aliphatic heterocycles. The molecule has 0 aliphatic rings. The van der Waals surface area contributed by atoms with Crippen LogP contribution in [0, 0.1) is 18.3 Å². The molecule has 0 spiro atoms. The van der Waals surface area contributed by atoms with Crippen LogP contribution in [0.15, 0.2) is 36.4 Å². The Kier molecular flexibility index (Phi) is 6.79. The molecule has 166 valence electrons. The van der Waals surface area contributed by atoms with Gasteiger partial charge in [0.2, 0.25) is 0 Å². The molecule has 1 heterocycles. The molecule has 1 atom stereocenters. The Labute approximate surface area is 185 Å². The van der Waals surface area contributed by atoms with Crippen LogP contribution >= 0.6 is 11.3 Å². The van der Waals surface area contributed by atoms with E-state index in [-0.39, 0.29) is 17.7 Å². The number of aromatic nitrogens is 2. The number of carbonyl (C=O) groups is 1. The number of nitriles is 1. The Hall–Kier alpha value is -3.45. The van der Waals surface area contributed by atoms with E-state index in [0.717, 1.165) is 23.6 Å². The number of nitrogens with zero attached hydrogens (tertiary/aromatic N) is 3. The van der Waals surface area contributed by atoms with E-state index < -0.39 is 18.2 Å². The van der Waals surface area contributed by atoms with E-state index in [9.17, 15) is 23.2 Å². The number of aryl methyl sites for hydroxylation is 2. The van der Waals surface area contributed by atoms with Crippen molar-refractivity contribution in [3.05, 3.63) is 53.1 Å². The van der Waals surface area contributed by atoms with Crippen LogP contribution in [0.2, 0.25) is 0 Å². The Bertz CT molecular complexity index is 1190. The van der Waals surface area contributed by atoms with Crippen molar-refractivity contribution in [2.45, 2.75) is 39.0 Å². The summed E-state index contributed by atoms with van der Waals surface area (Å²) in [5, 5.41) is 27.7. The van der Waals surface area contributed by atoms with Crippen LogP contribution in [-0.2, 0) is 11.2 Å². The first-order valence-corrected chi connectivity index (χ1v) is 10.3. The lowest BCUT2D eigenvalue weighted by atomic mass is 10.0. The zero-order valence-corrected chi connectivity index (χ0v) is 17.9. The first-order valence-electron chi connectivity index (χ1n) is 9.51. The Balaban J connectivity index is 1.84. The summed E-state index contributed by atoms with van der Waals surface area (Å²) in [5.41, 5.74) is 3.16. The normalized spacial score (nSPS) is 12.2. The van der Waals surface area contributed by atoms with Crippen molar-refractivity contribution >= 4 is 17.3 Å². The van der Waals surface area contributed by atoms with Gasteiger partial charge in [0.1, 0.15) is 21.8 Å². The summed E-state index contributed by atoms with van der Waals surface area (Å²) in [4.78, 5) is 10.8.